The van der Waals surface area contributed by atoms with Gasteiger partial charge in [0, 0.05) is 5.69 Å². The second-order valence-corrected chi connectivity index (χ2v) is 5.32. The van der Waals surface area contributed by atoms with E-state index in [1.807, 2.05) is 24.3 Å². The van der Waals surface area contributed by atoms with Crippen molar-refractivity contribution >= 4 is 11.6 Å². The standard InChI is InChI=1S/C18H22N2O/c1-14(19)18(21)20-17-12-6-11-16(13-17)10-5-9-15-7-3-2-4-8-15/h2-4,6-8,11-14H,5,9-10,19H2,1H3,(H,20,21)/t14-/m0/s1. The molecule has 0 saturated carbocycles. The van der Waals surface area contributed by atoms with Gasteiger partial charge in [0.15, 0.2) is 0 Å². The van der Waals surface area contributed by atoms with Crippen molar-refractivity contribution in [2.75, 3.05) is 5.32 Å². The van der Waals surface area contributed by atoms with Gasteiger partial charge in [0.2, 0.25) is 5.91 Å². The monoisotopic (exact) mass is 282 g/mol. The van der Waals surface area contributed by atoms with Gasteiger partial charge in [0.25, 0.3) is 0 Å². The third-order valence-electron chi connectivity index (χ3n) is 3.38. The highest BCUT2D eigenvalue weighted by Gasteiger charge is 2.07. The molecule has 3 nitrogen and oxygen atoms in total. The number of carbonyl (C=O) groups is 1. The van der Waals surface area contributed by atoms with Gasteiger partial charge >= 0.3 is 0 Å². The van der Waals surface area contributed by atoms with Crippen molar-refractivity contribution < 1.29 is 4.79 Å². The van der Waals surface area contributed by atoms with E-state index in [0.29, 0.717) is 0 Å². The quantitative estimate of drug-likeness (QED) is 0.855. The molecule has 0 aliphatic rings. The first kappa shape index (κ1) is 15.3. The second-order valence-electron chi connectivity index (χ2n) is 5.32. The van der Waals surface area contributed by atoms with Crippen LogP contribution in [0.25, 0.3) is 0 Å². The number of carbonyl (C=O) groups excluding carboxylic acids is 1. The van der Waals surface area contributed by atoms with Gasteiger partial charge in [-0.2, -0.15) is 0 Å². The summed E-state index contributed by atoms with van der Waals surface area (Å²) >= 11 is 0. The van der Waals surface area contributed by atoms with E-state index < -0.39 is 6.04 Å². The van der Waals surface area contributed by atoms with Gasteiger partial charge < -0.3 is 11.1 Å². The SMILES string of the molecule is C[C@H](N)C(=O)Nc1cccc(CCCc2ccccc2)c1. The van der Waals surface area contributed by atoms with Crippen LogP contribution in [0.3, 0.4) is 0 Å². The molecule has 0 saturated heterocycles. The zero-order chi connectivity index (χ0) is 15.1. The highest BCUT2D eigenvalue weighted by molar-refractivity contribution is 5.94. The van der Waals surface area contributed by atoms with Crippen LogP contribution in [-0.2, 0) is 17.6 Å². The molecule has 0 spiro atoms. The number of aryl methyl sites for hydroxylation is 2. The molecular weight excluding hydrogens is 260 g/mol. The molecule has 1 amide bonds. The van der Waals surface area contributed by atoms with Crippen LogP contribution < -0.4 is 11.1 Å². The molecule has 3 heteroatoms. The van der Waals surface area contributed by atoms with E-state index >= 15 is 0 Å². The molecule has 2 aromatic carbocycles. The summed E-state index contributed by atoms with van der Waals surface area (Å²) in [4.78, 5) is 11.6. The summed E-state index contributed by atoms with van der Waals surface area (Å²) in [6.45, 7) is 1.68. The van der Waals surface area contributed by atoms with Gasteiger partial charge in [-0.15, -0.1) is 0 Å². The lowest BCUT2D eigenvalue weighted by Gasteiger charge is -2.09. The Morgan fingerprint density at radius 2 is 1.71 bits per heavy atom. The Morgan fingerprint density at radius 1 is 1.05 bits per heavy atom. The lowest BCUT2D eigenvalue weighted by atomic mass is 10.0. The lowest BCUT2D eigenvalue weighted by molar-refractivity contribution is -0.117. The summed E-state index contributed by atoms with van der Waals surface area (Å²) in [5, 5.41) is 2.83. The third-order valence-corrected chi connectivity index (χ3v) is 3.38. The predicted molar refractivity (Wildman–Crippen MR) is 87.2 cm³/mol. The van der Waals surface area contributed by atoms with Crippen LogP contribution in [0.1, 0.15) is 24.5 Å². The molecule has 0 heterocycles. The highest BCUT2D eigenvalue weighted by atomic mass is 16.2. The number of nitrogens with one attached hydrogen (secondary N) is 1. The van der Waals surface area contributed by atoms with Crippen LogP contribution in [-0.4, -0.2) is 11.9 Å². The number of benzene rings is 2. The minimum atomic E-state index is -0.494. The summed E-state index contributed by atoms with van der Waals surface area (Å²) in [5.74, 6) is -0.156. The Bertz CT molecular complexity index is 579. The average molecular weight is 282 g/mol. The van der Waals surface area contributed by atoms with E-state index in [9.17, 15) is 4.79 Å². The van der Waals surface area contributed by atoms with Crippen LogP contribution in [0.4, 0.5) is 5.69 Å². The minimum Gasteiger partial charge on any atom is -0.325 e. The second kappa shape index (κ2) is 7.60. The Balaban J connectivity index is 1.88. The molecule has 0 aliphatic carbocycles. The maximum Gasteiger partial charge on any atom is 0.240 e. The van der Waals surface area contributed by atoms with E-state index in [1.54, 1.807) is 6.92 Å². The Hall–Kier alpha value is -2.13. The molecule has 1 atom stereocenters. The summed E-state index contributed by atoms with van der Waals surface area (Å²) in [6.07, 6.45) is 3.16. The van der Waals surface area contributed by atoms with Crippen molar-refractivity contribution in [1.29, 1.82) is 0 Å². The predicted octanol–water partition coefficient (Wildman–Crippen LogP) is 3.15. The largest absolute Gasteiger partial charge is 0.325 e. The van der Waals surface area contributed by atoms with Crippen LogP contribution in [0, 0.1) is 0 Å². The molecule has 2 aromatic rings. The molecule has 0 fully saturated rings. The maximum absolute atomic E-state index is 11.6. The molecule has 3 N–H and O–H groups in total. The molecule has 0 radical (unpaired) electrons. The highest BCUT2D eigenvalue weighted by Crippen LogP contribution is 2.14. The number of hydrogen-bond acceptors (Lipinski definition) is 2. The van der Waals surface area contributed by atoms with Gasteiger partial charge in [0.1, 0.15) is 0 Å². The first-order valence-corrected chi connectivity index (χ1v) is 7.34. The Labute approximate surface area is 126 Å². The van der Waals surface area contributed by atoms with Crippen LogP contribution in [0.15, 0.2) is 54.6 Å². The number of hydrogen-bond donors (Lipinski definition) is 2. The van der Waals surface area contributed by atoms with Gasteiger partial charge in [-0.05, 0) is 49.4 Å². The van der Waals surface area contributed by atoms with Gasteiger partial charge in [-0.3, -0.25) is 4.79 Å². The molecule has 0 aromatic heterocycles. The third kappa shape index (κ3) is 5.04. The molecule has 110 valence electrons. The number of nitrogens with two attached hydrogens (primary N) is 1. The smallest absolute Gasteiger partial charge is 0.240 e. The van der Waals surface area contributed by atoms with Crippen molar-refractivity contribution in [3.63, 3.8) is 0 Å². The molecular formula is C18H22N2O. The van der Waals surface area contributed by atoms with Crippen LogP contribution in [0.5, 0.6) is 0 Å². The van der Waals surface area contributed by atoms with Crippen molar-refractivity contribution in [3.8, 4) is 0 Å². The molecule has 0 bridgehead atoms. The summed E-state index contributed by atoms with van der Waals surface area (Å²) in [6, 6.07) is 17.9. The van der Waals surface area contributed by atoms with Gasteiger partial charge in [0.05, 0.1) is 6.04 Å². The summed E-state index contributed by atoms with van der Waals surface area (Å²) in [7, 11) is 0. The summed E-state index contributed by atoms with van der Waals surface area (Å²) in [5.41, 5.74) is 8.96. The molecule has 0 aliphatic heterocycles. The summed E-state index contributed by atoms with van der Waals surface area (Å²) < 4.78 is 0. The molecule has 21 heavy (non-hydrogen) atoms. The van der Waals surface area contributed by atoms with Gasteiger partial charge in [-0.1, -0.05) is 42.5 Å². The zero-order valence-corrected chi connectivity index (χ0v) is 12.4. The Kier molecular flexibility index (Phi) is 5.52. The topological polar surface area (TPSA) is 55.1 Å². The van der Waals surface area contributed by atoms with Gasteiger partial charge in [-0.25, -0.2) is 0 Å². The van der Waals surface area contributed by atoms with Crippen molar-refractivity contribution in [2.45, 2.75) is 32.2 Å². The Morgan fingerprint density at radius 3 is 2.43 bits per heavy atom. The minimum absolute atomic E-state index is 0.156. The van der Waals surface area contributed by atoms with Crippen LogP contribution in [0.2, 0.25) is 0 Å². The fourth-order valence-electron chi connectivity index (χ4n) is 2.20. The fourth-order valence-corrected chi connectivity index (χ4v) is 2.20. The van der Waals surface area contributed by atoms with Crippen molar-refractivity contribution in [3.05, 3.63) is 65.7 Å². The van der Waals surface area contributed by atoms with E-state index in [1.165, 1.54) is 11.1 Å². The first-order valence-electron chi connectivity index (χ1n) is 7.34. The van der Waals surface area contributed by atoms with Crippen molar-refractivity contribution in [2.24, 2.45) is 5.73 Å². The lowest BCUT2D eigenvalue weighted by Crippen LogP contribution is -2.32. The maximum atomic E-state index is 11.6. The average Bonchev–Trinajstić information content (AvgIpc) is 2.48. The van der Waals surface area contributed by atoms with E-state index in [2.05, 4.69) is 35.6 Å². The van der Waals surface area contributed by atoms with E-state index in [0.717, 1.165) is 24.9 Å². The number of rotatable bonds is 6. The van der Waals surface area contributed by atoms with E-state index in [-0.39, 0.29) is 5.91 Å². The van der Waals surface area contributed by atoms with Crippen molar-refractivity contribution in [1.82, 2.24) is 0 Å². The van der Waals surface area contributed by atoms with E-state index in [4.69, 9.17) is 5.73 Å². The number of amides is 1. The van der Waals surface area contributed by atoms with Crippen LogP contribution >= 0.6 is 0 Å². The first-order chi connectivity index (χ1) is 10.1. The zero-order valence-electron chi connectivity index (χ0n) is 12.4. The molecule has 2 rings (SSSR count). The normalized spacial score (nSPS) is 11.9. The number of anilines is 1. The fraction of sp³-hybridized carbons (Fsp3) is 0.278. The molecule has 0 unspecified atom stereocenters.